The smallest absolute Gasteiger partial charge is 0.259 e. The largest absolute Gasteiger partial charge is 0.375 e. The summed E-state index contributed by atoms with van der Waals surface area (Å²) in [5.41, 5.74) is 2.51. The molecular formula is C18H20N4O2S. The van der Waals surface area contributed by atoms with Crippen LogP contribution < -0.4 is 16.2 Å². The highest BCUT2D eigenvalue weighted by Gasteiger charge is 2.15. The van der Waals surface area contributed by atoms with Crippen molar-refractivity contribution in [2.45, 2.75) is 33.7 Å². The summed E-state index contributed by atoms with van der Waals surface area (Å²) in [5, 5.41) is 6.72. The number of hydrogen-bond acceptors (Lipinski definition) is 5. The van der Waals surface area contributed by atoms with Gasteiger partial charge in [-0.15, -0.1) is 11.3 Å². The SMILES string of the molecule is CC(=O)Nc1ccc(N[C@H](C)c2nc3sc(C)c(C)c3c(=O)[nH]2)cc1. The molecule has 0 spiro atoms. The molecule has 2 aromatic heterocycles. The lowest BCUT2D eigenvalue weighted by atomic mass is 10.2. The van der Waals surface area contributed by atoms with E-state index in [1.54, 1.807) is 0 Å². The first kappa shape index (κ1) is 17.2. The van der Waals surface area contributed by atoms with Crippen LogP contribution in [0.4, 0.5) is 11.4 Å². The van der Waals surface area contributed by atoms with Gasteiger partial charge in [0.15, 0.2) is 0 Å². The van der Waals surface area contributed by atoms with Gasteiger partial charge in [-0.05, 0) is 50.6 Å². The van der Waals surface area contributed by atoms with E-state index in [9.17, 15) is 9.59 Å². The van der Waals surface area contributed by atoms with Crippen molar-refractivity contribution in [2.24, 2.45) is 0 Å². The zero-order valence-electron chi connectivity index (χ0n) is 14.6. The van der Waals surface area contributed by atoms with Crippen LogP contribution in [0.1, 0.15) is 36.2 Å². The van der Waals surface area contributed by atoms with E-state index < -0.39 is 0 Å². The average molecular weight is 356 g/mol. The maximum absolute atomic E-state index is 12.4. The second-order valence-electron chi connectivity index (χ2n) is 6.04. The second kappa shape index (κ2) is 6.68. The molecule has 0 bridgehead atoms. The molecule has 130 valence electrons. The van der Waals surface area contributed by atoms with E-state index in [2.05, 4.69) is 20.6 Å². The van der Waals surface area contributed by atoms with Gasteiger partial charge in [-0.3, -0.25) is 9.59 Å². The van der Waals surface area contributed by atoms with Crippen molar-refractivity contribution in [1.29, 1.82) is 0 Å². The number of aryl methyl sites for hydroxylation is 2. The zero-order chi connectivity index (χ0) is 18.1. The minimum absolute atomic E-state index is 0.100. The van der Waals surface area contributed by atoms with Crippen LogP contribution in [0.25, 0.3) is 10.2 Å². The van der Waals surface area contributed by atoms with Crippen molar-refractivity contribution in [2.75, 3.05) is 10.6 Å². The average Bonchev–Trinajstić information content (AvgIpc) is 2.83. The van der Waals surface area contributed by atoms with Crippen LogP contribution in [-0.4, -0.2) is 15.9 Å². The number of fused-ring (bicyclic) bond motifs is 1. The number of aromatic nitrogens is 2. The maximum atomic E-state index is 12.4. The molecule has 2 heterocycles. The van der Waals surface area contributed by atoms with Gasteiger partial charge in [-0.2, -0.15) is 0 Å². The monoisotopic (exact) mass is 356 g/mol. The molecule has 6 nitrogen and oxygen atoms in total. The molecule has 0 unspecified atom stereocenters. The Kier molecular flexibility index (Phi) is 4.59. The number of nitrogens with zero attached hydrogens (tertiary/aromatic N) is 1. The van der Waals surface area contributed by atoms with E-state index in [0.29, 0.717) is 11.2 Å². The molecule has 1 atom stereocenters. The molecule has 0 saturated carbocycles. The molecule has 7 heteroatoms. The van der Waals surface area contributed by atoms with Crippen molar-refractivity contribution in [1.82, 2.24) is 9.97 Å². The summed E-state index contributed by atoms with van der Waals surface area (Å²) < 4.78 is 0. The van der Waals surface area contributed by atoms with Crippen molar-refractivity contribution in [3.05, 3.63) is 50.9 Å². The topological polar surface area (TPSA) is 86.9 Å². The Morgan fingerprint density at radius 3 is 2.48 bits per heavy atom. The van der Waals surface area contributed by atoms with E-state index in [1.165, 1.54) is 18.3 Å². The predicted octanol–water partition coefficient (Wildman–Crippen LogP) is 3.73. The van der Waals surface area contributed by atoms with Gasteiger partial charge in [-0.25, -0.2) is 4.98 Å². The Morgan fingerprint density at radius 1 is 1.20 bits per heavy atom. The first-order valence-electron chi connectivity index (χ1n) is 7.99. The van der Waals surface area contributed by atoms with Crippen LogP contribution in [0.5, 0.6) is 0 Å². The molecule has 0 aliphatic rings. The molecule has 0 saturated heterocycles. The van der Waals surface area contributed by atoms with Crippen LogP contribution >= 0.6 is 11.3 Å². The minimum Gasteiger partial charge on any atom is -0.375 e. The Hall–Kier alpha value is -2.67. The van der Waals surface area contributed by atoms with E-state index >= 15 is 0 Å². The van der Waals surface area contributed by atoms with Crippen molar-refractivity contribution in [3.8, 4) is 0 Å². The lowest BCUT2D eigenvalue weighted by molar-refractivity contribution is -0.114. The van der Waals surface area contributed by atoms with Crippen LogP contribution in [0.3, 0.4) is 0 Å². The zero-order valence-corrected chi connectivity index (χ0v) is 15.4. The molecule has 3 aromatic rings. The van der Waals surface area contributed by atoms with Gasteiger partial charge in [0.1, 0.15) is 10.7 Å². The number of hydrogen-bond donors (Lipinski definition) is 3. The highest BCUT2D eigenvalue weighted by molar-refractivity contribution is 7.18. The number of nitrogens with one attached hydrogen (secondary N) is 3. The van der Waals surface area contributed by atoms with Gasteiger partial charge in [0.05, 0.1) is 11.4 Å². The van der Waals surface area contributed by atoms with Gasteiger partial charge < -0.3 is 15.6 Å². The summed E-state index contributed by atoms with van der Waals surface area (Å²) in [6.07, 6.45) is 0. The lowest BCUT2D eigenvalue weighted by Gasteiger charge is -2.15. The summed E-state index contributed by atoms with van der Waals surface area (Å²) in [6.45, 7) is 7.36. The Bertz CT molecular complexity index is 989. The van der Waals surface area contributed by atoms with Crippen LogP contribution in [0.2, 0.25) is 0 Å². The van der Waals surface area contributed by atoms with Crippen LogP contribution in [0.15, 0.2) is 29.1 Å². The quantitative estimate of drug-likeness (QED) is 0.665. The molecule has 0 aliphatic carbocycles. The third kappa shape index (κ3) is 3.56. The van der Waals surface area contributed by atoms with E-state index in [-0.39, 0.29) is 17.5 Å². The van der Waals surface area contributed by atoms with Gasteiger partial charge in [0, 0.05) is 23.2 Å². The minimum atomic E-state index is -0.161. The summed E-state index contributed by atoms with van der Waals surface area (Å²) in [7, 11) is 0. The fourth-order valence-corrected chi connectivity index (χ4v) is 3.68. The molecule has 3 N–H and O–H groups in total. The highest BCUT2D eigenvalue weighted by atomic mass is 32.1. The van der Waals surface area contributed by atoms with Gasteiger partial charge >= 0.3 is 0 Å². The predicted molar refractivity (Wildman–Crippen MR) is 102 cm³/mol. The molecule has 0 fully saturated rings. The van der Waals surface area contributed by atoms with E-state index in [4.69, 9.17) is 0 Å². The molecule has 3 rings (SSSR count). The maximum Gasteiger partial charge on any atom is 0.259 e. The standard InChI is InChI=1S/C18H20N4O2S/c1-9-11(3)25-18-15(9)17(24)21-16(22-18)10(2)19-13-5-7-14(8-6-13)20-12(4)23/h5-8,10,19H,1-4H3,(H,20,23)(H,21,22,24)/t10-/m1/s1. The van der Waals surface area contributed by atoms with E-state index in [0.717, 1.165) is 26.6 Å². The first-order chi connectivity index (χ1) is 11.8. The highest BCUT2D eigenvalue weighted by Crippen LogP contribution is 2.27. The number of benzene rings is 1. The van der Waals surface area contributed by atoms with Crippen molar-refractivity contribution >= 4 is 38.8 Å². The molecular weight excluding hydrogens is 336 g/mol. The van der Waals surface area contributed by atoms with E-state index in [1.807, 2.05) is 45.0 Å². The van der Waals surface area contributed by atoms with Gasteiger partial charge in [0.2, 0.25) is 5.91 Å². The fraction of sp³-hybridized carbons (Fsp3) is 0.278. The number of thiophene rings is 1. The third-order valence-electron chi connectivity index (χ3n) is 4.06. The number of carbonyl (C=O) groups excluding carboxylic acids is 1. The van der Waals surface area contributed by atoms with Crippen molar-refractivity contribution < 1.29 is 4.79 Å². The molecule has 1 amide bonds. The summed E-state index contributed by atoms with van der Waals surface area (Å²) in [6, 6.07) is 7.23. The molecule has 0 aliphatic heterocycles. The second-order valence-corrected chi connectivity index (χ2v) is 7.24. The Morgan fingerprint density at radius 2 is 1.84 bits per heavy atom. The number of H-pyrrole nitrogens is 1. The third-order valence-corrected chi connectivity index (χ3v) is 5.16. The summed E-state index contributed by atoms with van der Waals surface area (Å²) in [5.74, 6) is 0.496. The first-order valence-corrected chi connectivity index (χ1v) is 8.81. The van der Waals surface area contributed by atoms with Crippen molar-refractivity contribution in [3.63, 3.8) is 0 Å². The normalized spacial score (nSPS) is 12.2. The number of carbonyl (C=O) groups is 1. The molecule has 0 radical (unpaired) electrons. The lowest BCUT2D eigenvalue weighted by Crippen LogP contribution is -2.17. The van der Waals surface area contributed by atoms with Gasteiger partial charge in [-0.1, -0.05) is 0 Å². The fourth-order valence-electron chi connectivity index (χ4n) is 2.65. The summed E-state index contributed by atoms with van der Waals surface area (Å²) >= 11 is 1.54. The molecule has 1 aromatic carbocycles. The summed E-state index contributed by atoms with van der Waals surface area (Å²) in [4.78, 5) is 32.8. The number of anilines is 2. The van der Waals surface area contributed by atoms with Crippen LogP contribution in [-0.2, 0) is 4.79 Å². The van der Waals surface area contributed by atoms with Gasteiger partial charge in [0.25, 0.3) is 5.56 Å². The van der Waals surface area contributed by atoms with Crippen LogP contribution in [0, 0.1) is 13.8 Å². The Labute approximate surface area is 149 Å². The number of rotatable bonds is 4. The number of amides is 1. The number of aromatic amines is 1. The Balaban J connectivity index is 1.83. The molecule has 25 heavy (non-hydrogen) atoms.